The topological polar surface area (TPSA) is 111 Å². The summed E-state index contributed by atoms with van der Waals surface area (Å²) in [7, 11) is 0. The average Bonchev–Trinajstić information content (AvgIpc) is 3.19. The quantitative estimate of drug-likeness (QED) is 0.0628. The Morgan fingerprint density at radius 3 is 1.19 bits per heavy atom. The van der Waals surface area contributed by atoms with Crippen molar-refractivity contribution in [2.75, 3.05) is 50.2 Å². The summed E-state index contributed by atoms with van der Waals surface area (Å²) < 4.78 is 24.5. The van der Waals surface area contributed by atoms with Gasteiger partial charge < -0.3 is 40.2 Å². The van der Waals surface area contributed by atoms with Gasteiger partial charge in [0.15, 0.2) is 22.8 Å². The zero-order valence-corrected chi connectivity index (χ0v) is 30.9. The summed E-state index contributed by atoms with van der Waals surface area (Å²) in [6.07, 6.45) is 2.68. The number of aromatic nitrogens is 2. The van der Waals surface area contributed by atoms with Gasteiger partial charge in [0, 0.05) is 47.5 Å². The first kappa shape index (κ1) is 35.5. The van der Waals surface area contributed by atoms with E-state index in [4.69, 9.17) is 53.4 Å². The molecule has 4 aromatic carbocycles. The van der Waals surface area contributed by atoms with E-state index in [0.29, 0.717) is 49.7 Å². The van der Waals surface area contributed by atoms with Crippen LogP contribution in [0.25, 0.3) is 43.6 Å². The highest BCUT2D eigenvalue weighted by Crippen LogP contribution is 2.33. The van der Waals surface area contributed by atoms with Crippen molar-refractivity contribution >= 4 is 89.6 Å². The van der Waals surface area contributed by atoms with Gasteiger partial charge in [0.1, 0.15) is 0 Å². The van der Waals surface area contributed by atoms with Crippen molar-refractivity contribution in [1.29, 1.82) is 0 Å². The number of anilines is 2. The molecule has 4 N–H and O–H groups in total. The number of nitrogens with zero attached hydrogens (tertiary/aromatic N) is 2. The maximum absolute atomic E-state index is 6.13. The zero-order valence-electron chi connectivity index (χ0n) is 29.3. The first-order chi connectivity index (χ1) is 26.0. The Bertz CT molecular complexity index is 1990. The SMILES string of the molecule is S=C(NCCCC1OCC2(CO1)COC(CCCNC(=S)Nc1c3ccccc3nc3ccccc13)OC2)Nc1c2ccccc2nc2ccccc12. The molecule has 0 aliphatic carbocycles. The number of para-hydroxylation sites is 4. The van der Waals surface area contributed by atoms with Crippen molar-refractivity contribution < 1.29 is 18.9 Å². The van der Waals surface area contributed by atoms with E-state index in [0.717, 1.165) is 80.7 Å². The van der Waals surface area contributed by atoms with Crippen LogP contribution in [-0.4, -0.2) is 72.3 Å². The van der Waals surface area contributed by atoms with Gasteiger partial charge in [-0.25, -0.2) is 9.97 Å². The first-order valence-corrected chi connectivity index (χ1v) is 19.0. The monoisotopic (exact) mass is 746 g/mol. The van der Waals surface area contributed by atoms with Crippen LogP contribution in [0.3, 0.4) is 0 Å². The van der Waals surface area contributed by atoms with Crippen LogP contribution in [0.2, 0.25) is 0 Å². The van der Waals surface area contributed by atoms with Gasteiger partial charge in [-0.1, -0.05) is 72.8 Å². The van der Waals surface area contributed by atoms with Crippen LogP contribution in [0, 0.1) is 5.41 Å². The van der Waals surface area contributed by atoms with E-state index in [2.05, 4.69) is 45.5 Å². The van der Waals surface area contributed by atoms with Crippen LogP contribution in [-0.2, 0) is 18.9 Å². The van der Waals surface area contributed by atoms with Crippen LogP contribution in [0.4, 0.5) is 11.4 Å². The predicted octanol–water partition coefficient (Wildman–Crippen LogP) is 7.66. The number of nitrogens with one attached hydrogen (secondary N) is 4. The number of rotatable bonds is 10. The Morgan fingerprint density at radius 1 is 0.528 bits per heavy atom. The molecule has 0 atom stereocenters. The standard InChI is InChI=1S/C41H42N6O4S2/c52-39(46-37-27-11-1-5-15-31(27)44-32-16-6-2-12-28(32)37)42-21-9-19-35-48-23-41(24-49-35)25-50-36(51-26-41)20-10-22-43-40(53)47-38-29-13-3-7-17-33(29)45-34-18-8-4-14-30(34)38/h1-8,11-18,35-36H,9-10,19-26H2,(H2,42,44,46,52)(H2,43,45,47,53). The highest BCUT2D eigenvalue weighted by atomic mass is 32.1. The van der Waals surface area contributed by atoms with Crippen LogP contribution in [0.15, 0.2) is 97.1 Å². The third-order valence-electron chi connectivity index (χ3n) is 9.76. The largest absolute Gasteiger partial charge is 0.362 e. The van der Waals surface area contributed by atoms with Crippen molar-refractivity contribution in [2.45, 2.75) is 38.3 Å². The lowest BCUT2D eigenvalue weighted by Crippen LogP contribution is -2.52. The second kappa shape index (κ2) is 16.2. The summed E-state index contributed by atoms with van der Waals surface area (Å²) in [6.45, 7) is 3.56. The van der Waals surface area contributed by atoms with E-state index >= 15 is 0 Å². The fraction of sp³-hybridized carbons (Fsp3) is 0.317. The van der Waals surface area contributed by atoms with E-state index in [-0.39, 0.29) is 18.0 Å². The fourth-order valence-corrected chi connectivity index (χ4v) is 7.37. The average molecular weight is 747 g/mol. The third-order valence-corrected chi connectivity index (χ3v) is 10.3. The van der Waals surface area contributed by atoms with E-state index in [1.807, 2.05) is 72.8 Å². The van der Waals surface area contributed by atoms with Crippen LogP contribution >= 0.6 is 24.4 Å². The summed E-state index contributed by atoms with van der Waals surface area (Å²) in [4.78, 5) is 9.59. The second-order valence-corrected chi connectivity index (χ2v) is 14.5. The van der Waals surface area contributed by atoms with Crippen molar-refractivity contribution in [3.63, 3.8) is 0 Å². The number of ether oxygens (including phenoxy) is 4. The molecule has 0 bridgehead atoms. The molecular formula is C41H42N6O4S2. The minimum absolute atomic E-state index is 0.263. The number of hydrogen-bond donors (Lipinski definition) is 4. The van der Waals surface area contributed by atoms with Crippen LogP contribution in [0.1, 0.15) is 25.7 Å². The van der Waals surface area contributed by atoms with E-state index in [1.54, 1.807) is 0 Å². The third kappa shape index (κ3) is 8.18. The van der Waals surface area contributed by atoms with Crippen molar-refractivity contribution in [1.82, 2.24) is 20.6 Å². The van der Waals surface area contributed by atoms with Crippen LogP contribution < -0.4 is 21.3 Å². The van der Waals surface area contributed by atoms with Crippen molar-refractivity contribution in [2.24, 2.45) is 5.41 Å². The lowest BCUT2D eigenvalue weighted by Gasteiger charge is -2.43. The molecule has 53 heavy (non-hydrogen) atoms. The van der Waals surface area contributed by atoms with Crippen molar-refractivity contribution in [3.8, 4) is 0 Å². The molecule has 272 valence electrons. The van der Waals surface area contributed by atoms with E-state index < -0.39 is 0 Å². The summed E-state index contributed by atoms with van der Waals surface area (Å²) in [5.41, 5.74) is 5.35. The van der Waals surface area contributed by atoms with E-state index in [9.17, 15) is 0 Å². The summed E-state index contributed by atoms with van der Waals surface area (Å²) in [5.74, 6) is 0. The van der Waals surface area contributed by atoms with Crippen LogP contribution in [0.5, 0.6) is 0 Å². The molecule has 6 aromatic rings. The lowest BCUT2D eigenvalue weighted by atomic mass is 9.90. The summed E-state index contributed by atoms with van der Waals surface area (Å²) in [5, 5.41) is 18.8. The van der Waals surface area contributed by atoms with Gasteiger partial charge in [-0.3, -0.25) is 0 Å². The molecule has 0 radical (unpaired) electrons. The number of pyridine rings is 2. The molecular weight excluding hydrogens is 705 g/mol. The highest BCUT2D eigenvalue weighted by Gasteiger charge is 2.41. The number of thiocarbonyl (C=S) groups is 2. The molecule has 0 saturated carbocycles. The molecule has 8 rings (SSSR count). The summed E-state index contributed by atoms with van der Waals surface area (Å²) in [6, 6.07) is 32.4. The number of hydrogen-bond acceptors (Lipinski definition) is 8. The Kier molecular flexibility index (Phi) is 10.8. The van der Waals surface area contributed by atoms with Crippen molar-refractivity contribution in [3.05, 3.63) is 97.1 Å². The minimum atomic E-state index is -0.285. The molecule has 4 heterocycles. The molecule has 1 spiro atoms. The molecule has 10 nitrogen and oxygen atoms in total. The summed E-state index contributed by atoms with van der Waals surface area (Å²) >= 11 is 11.3. The Labute approximate surface area is 318 Å². The number of benzene rings is 4. The van der Waals surface area contributed by atoms with Gasteiger partial charge in [-0.15, -0.1) is 0 Å². The fourth-order valence-electron chi connectivity index (χ4n) is 6.96. The second-order valence-electron chi connectivity index (χ2n) is 13.7. The zero-order chi connectivity index (χ0) is 36.0. The molecule has 0 amide bonds. The molecule has 2 saturated heterocycles. The molecule has 2 aliphatic heterocycles. The minimum Gasteiger partial charge on any atom is -0.362 e. The van der Waals surface area contributed by atoms with Gasteiger partial charge in [-0.2, -0.15) is 0 Å². The Hall–Kier alpha value is -4.56. The highest BCUT2D eigenvalue weighted by molar-refractivity contribution is 7.80. The molecule has 12 heteroatoms. The van der Waals surface area contributed by atoms with Gasteiger partial charge >= 0.3 is 0 Å². The molecule has 2 aliphatic rings. The van der Waals surface area contributed by atoms with Gasteiger partial charge in [0.2, 0.25) is 0 Å². The van der Waals surface area contributed by atoms with Gasteiger partial charge in [0.05, 0.1) is 65.3 Å². The molecule has 2 fully saturated rings. The lowest BCUT2D eigenvalue weighted by molar-refractivity contribution is -0.304. The Balaban J connectivity index is 0.726. The number of fused-ring (bicyclic) bond motifs is 4. The molecule has 0 unspecified atom stereocenters. The van der Waals surface area contributed by atoms with E-state index in [1.165, 1.54) is 0 Å². The van der Waals surface area contributed by atoms with Gasteiger partial charge in [0.25, 0.3) is 0 Å². The molecule has 2 aromatic heterocycles. The maximum Gasteiger partial charge on any atom is 0.170 e. The smallest absolute Gasteiger partial charge is 0.170 e. The normalized spacial score (nSPS) is 20.2. The Morgan fingerprint density at radius 2 is 0.849 bits per heavy atom. The predicted molar refractivity (Wildman–Crippen MR) is 219 cm³/mol. The van der Waals surface area contributed by atoms with Gasteiger partial charge in [-0.05, 0) is 61.5 Å². The maximum atomic E-state index is 6.13. The first-order valence-electron chi connectivity index (χ1n) is 18.1.